The van der Waals surface area contributed by atoms with Crippen molar-refractivity contribution in [3.05, 3.63) is 50.4 Å². The standard InChI is InChI=1S/C21H23Br2NO5/c1-5-27-20(25)12-28-24-11-14-8-17(22)21(18(23)9-14)29-15-6-7-19(26-4)16(10-15)13(2)3/h6-11,13H,5,12H2,1-4H3/b24-11-. The number of ether oxygens (including phenoxy) is 3. The van der Waals surface area contributed by atoms with E-state index >= 15 is 0 Å². The van der Waals surface area contributed by atoms with E-state index in [1.165, 1.54) is 6.21 Å². The molecule has 0 unspecified atom stereocenters. The second-order valence-electron chi connectivity index (χ2n) is 6.29. The van der Waals surface area contributed by atoms with Gasteiger partial charge in [-0.1, -0.05) is 19.0 Å². The molecule has 0 saturated heterocycles. The number of esters is 1. The number of nitrogens with zero attached hydrogens (tertiary/aromatic N) is 1. The van der Waals surface area contributed by atoms with Crippen molar-refractivity contribution in [2.75, 3.05) is 20.3 Å². The summed E-state index contributed by atoms with van der Waals surface area (Å²) in [6.07, 6.45) is 1.50. The number of hydrogen-bond acceptors (Lipinski definition) is 6. The SMILES string of the molecule is CCOC(=O)CO/N=C\c1cc(Br)c(Oc2ccc(OC)c(C(C)C)c2)c(Br)c1. The van der Waals surface area contributed by atoms with Crippen LogP contribution >= 0.6 is 31.9 Å². The molecule has 29 heavy (non-hydrogen) atoms. The van der Waals surface area contributed by atoms with E-state index in [0.29, 0.717) is 24.0 Å². The Kier molecular flexibility index (Phi) is 8.98. The molecule has 0 aliphatic heterocycles. The Morgan fingerprint density at radius 3 is 2.45 bits per heavy atom. The van der Waals surface area contributed by atoms with Gasteiger partial charge in [-0.15, -0.1) is 0 Å². The van der Waals surface area contributed by atoms with Crippen LogP contribution in [0.4, 0.5) is 0 Å². The Morgan fingerprint density at radius 1 is 1.17 bits per heavy atom. The summed E-state index contributed by atoms with van der Waals surface area (Å²) < 4.78 is 17.7. The van der Waals surface area contributed by atoms with Crippen LogP contribution in [0.3, 0.4) is 0 Å². The van der Waals surface area contributed by atoms with Gasteiger partial charge in [0.25, 0.3) is 0 Å². The van der Waals surface area contributed by atoms with Gasteiger partial charge in [0.1, 0.15) is 11.5 Å². The van der Waals surface area contributed by atoms with Crippen LogP contribution in [-0.2, 0) is 14.4 Å². The molecule has 0 aromatic heterocycles. The lowest BCUT2D eigenvalue weighted by atomic mass is 10.0. The van der Waals surface area contributed by atoms with Crippen LogP contribution in [0.2, 0.25) is 0 Å². The van der Waals surface area contributed by atoms with E-state index in [4.69, 9.17) is 19.0 Å². The molecule has 0 aliphatic rings. The molecule has 156 valence electrons. The summed E-state index contributed by atoms with van der Waals surface area (Å²) in [6, 6.07) is 9.41. The topological polar surface area (TPSA) is 66.4 Å². The Labute approximate surface area is 187 Å². The maximum atomic E-state index is 11.2. The highest BCUT2D eigenvalue weighted by atomic mass is 79.9. The first-order chi connectivity index (χ1) is 13.8. The van der Waals surface area contributed by atoms with Gasteiger partial charge in [0.05, 0.1) is 28.9 Å². The minimum Gasteiger partial charge on any atom is -0.496 e. The average molecular weight is 529 g/mol. The molecular weight excluding hydrogens is 506 g/mol. The zero-order valence-corrected chi connectivity index (χ0v) is 19.9. The van der Waals surface area contributed by atoms with Crippen molar-refractivity contribution in [2.45, 2.75) is 26.7 Å². The lowest BCUT2D eigenvalue weighted by molar-refractivity contribution is -0.148. The van der Waals surface area contributed by atoms with Crippen molar-refractivity contribution in [3.8, 4) is 17.2 Å². The molecule has 0 saturated carbocycles. The zero-order valence-electron chi connectivity index (χ0n) is 16.7. The van der Waals surface area contributed by atoms with Gasteiger partial charge >= 0.3 is 5.97 Å². The predicted molar refractivity (Wildman–Crippen MR) is 119 cm³/mol. The van der Waals surface area contributed by atoms with Gasteiger partial charge in [-0.25, -0.2) is 4.79 Å². The molecule has 0 radical (unpaired) electrons. The molecule has 0 aliphatic carbocycles. The molecule has 2 aromatic carbocycles. The maximum Gasteiger partial charge on any atom is 0.347 e. The fraction of sp³-hybridized carbons (Fsp3) is 0.333. The molecule has 0 bridgehead atoms. The first-order valence-electron chi connectivity index (χ1n) is 9.01. The smallest absolute Gasteiger partial charge is 0.347 e. The fourth-order valence-electron chi connectivity index (χ4n) is 2.49. The second-order valence-corrected chi connectivity index (χ2v) is 8.00. The summed E-state index contributed by atoms with van der Waals surface area (Å²) in [7, 11) is 1.66. The lowest BCUT2D eigenvalue weighted by Gasteiger charge is -2.15. The summed E-state index contributed by atoms with van der Waals surface area (Å²) in [5, 5.41) is 3.79. The average Bonchev–Trinajstić information content (AvgIpc) is 2.68. The van der Waals surface area contributed by atoms with Crippen molar-refractivity contribution < 1.29 is 23.8 Å². The van der Waals surface area contributed by atoms with Gasteiger partial charge in [0, 0.05) is 5.56 Å². The van der Waals surface area contributed by atoms with E-state index in [9.17, 15) is 4.79 Å². The van der Waals surface area contributed by atoms with Gasteiger partial charge in [-0.2, -0.15) is 0 Å². The highest BCUT2D eigenvalue weighted by Crippen LogP contribution is 2.39. The molecule has 0 amide bonds. The highest BCUT2D eigenvalue weighted by Gasteiger charge is 2.13. The van der Waals surface area contributed by atoms with Crippen molar-refractivity contribution in [3.63, 3.8) is 0 Å². The number of halogens is 2. The second kappa shape index (κ2) is 11.2. The first kappa shape index (κ1) is 23.2. The van der Waals surface area contributed by atoms with E-state index in [0.717, 1.165) is 25.8 Å². The Balaban J connectivity index is 2.13. The van der Waals surface area contributed by atoms with Crippen LogP contribution in [0.1, 0.15) is 37.8 Å². The largest absolute Gasteiger partial charge is 0.496 e. The van der Waals surface area contributed by atoms with Crippen molar-refractivity contribution in [1.82, 2.24) is 0 Å². The fourth-order valence-corrected chi connectivity index (χ4v) is 3.87. The molecule has 0 heterocycles. The van der Waals surface area contributed by atoms with Crippen LogP contribution in [-0.4, -0.2) is 32.5 Å². The van der Waals surface area contributed by atoms with E-state index in [-0.39, 0.29) is 6.61 Å². The van der Waals surface area contributed by atoms with Crippen molar-refractivity contribution in [2.24, 2.45) is 5.16 Å². The minimum absolute atomic E-state index is 0.233. The number of rotatable bonds is 9. The molecule has 0 N–H and O–H groups in total. The number of benzene rings is 2. The Morgan fingerprint density at radius 2 is 1.86 bits per heavy atom. The van der Waals surface area contributed by atoms with Crippen LogP contribution in [0, 0.1) is 0 Å². The van der Waals surface area contributed by atoms with Crippen LogP contribution in [0.15, 0.2) is 44.4 Å². The van der Waals surface area contributed by atoms with E-state index in [1.54, 1.807) is 14.0 Å². The maximum absolute atomic E-state index is 11.2. The van der Waals surface area contributed by atoms with E-state index in [1.807, 2.05) is 30.3 Å². The third-order valence-electron chi connectivity index (χ3n) is 3.83. The van der Waals surface area contributed by atoms with Gasteiger partial charge < -0.3 is 19.0 Å². The monoisotopic (exact) mass is 527 g/mol. The molecular formula is C21H23Br2NO5. The normalized spacial score (nSPS) is 11.0. The summed E-state index contributed by atoms with van der Waals surface area (Å²) in [4.78, 5) is 16.2. The number of hydrogen-bond donors (Lipinski definition) is 0. The molecule has 8 heteroatoms. The molecule has 6 nitrogen and oxygen atoms in total. The summed E-state index contributed by atoms with van der Waals surface area (Å²) in [5.74, 6) is 2.01. The zero-order chi connectivity index (χ0) is 21.4. The molecule has 2 rings (SSSR count). The van der Waals surface area contributed by atoms with Gasteiger partial charge in [0.15, 0.2) is 5.75 Å². The summed E-state index contributed by atoms with van der Waals surface area (Å²) >= 11 is 7.06. The van der Waals surface area contributed by atoms with Crippen LogP contribution in [0.25, 0.3) is 0 Å². The predicted octanol–water partition coefficient (Wildman–Crippen LogP) is 6.05. The third-order valence-corrected chi connectivity index (χ3v) is 5.01. The minimum atomic E-state index is -0.462. The number of methoxy groups -OCH3 is 1. The number of oxime groups is 1. The van der Waals surface area contributed by atoms with Crippen molar-refractivity contribution >= 4 is 44.0 Å². The molecule has 0 fully saturated rings. The number of carbonyl (C=O) groups excluding carboxylic acids is 1. The van der Waals surface area contributed by atoms with Gasteiger partial charge in [-0.3, -0.25) is 0 Å². The van der Waals surface area contributed by atoms with Crippen molar-refractivity contribution in [1.29, 1.82) is 0 Å². The first-order valence-corrected chi connectivity index (χ1v) is 10.6. The van der Waals surface area contributed by atoms with Crippen LogP contribution < -0.4 is 9.47 Å². The van der Waals surface area contributed by atoms with Gasteiger partial charge in [0.2, 0.25) is 6.61 Å². The lowest BCUT2D eigenvalue weighted by Crippen LogP contribution is -2.10. The highest BCUT2D eigenvalue weighted by molar-refractivity contribution is 9.11. The van der Waals surface area contributed by atoms with Gasteiger partial charge in [-0.05, 0) is 80.6 Å². The number of carbonyl (C=O) groups is 1. The van der Waals surface area contributed by atoms with E-state index in [2.05, 4.69) is 50.9 Å². The van der Waals surface area contributed by atoms with E-state index < -0.39 is 5.97 Å². The summed E-state index contributed by atoms with van der Waals surface area (Å²) in [5.41, 5.74) is 1.83. The Hall–Kier alpha value is -2.06. The third kappa shape index (κ3) is 6.75. The molecule has 2 aromatic rings. The molecule has 0 spiro atoms. The van der Waals surface area contributed by atoms with Crippen LogP contribution in [0.5, 0.6) is 17.2 Å². The summed E-state index contributed by atoms with van der Waals surface area (Å²) in [6.45, 7) is 6.01. The quantitative estimate of drug-likeness (QED) is 0.225. The molecule has 0 atom stereocenters. The Bertz CT molecular complexity index is 860.